The number of aromatic nitrogens is 2. The van der Waals surface area contributed by atoms with Gasteiger partial charge >= 0.3 is 0 Å². The molecule has 4 aliphatic rings. The molecular formula is C54H32B2N4. The molecule has 11 aromatic rings. The molecule has 0 aliphatic carbocycles. The van der Waals surface area contributed by atoms with Crippen molar-refractivity contribution in [2.24, 2.45) is 0 Å². The topological polar surface area (TPSA) is 16.3 Å². The molecule has 0 amide bonds. The molecule has 0 radical (unpaired) electrons. The second-order valence-corrected chi connectivity index (χ2v) is 16.8. The van der Waals surface area contributed by atoms with Crippen molar-refractivity contribution in [3.05, 3.63) is 194 Å². The predicted octanol–water partition coefficient (Wildman–Crippen LogP) is 9.11. The highest BCUT2D eigenvalue weighted by atomic mass is 15.2. The average molecular weight is 759 g/mol. The van der Waals surface area contributed by atoms with Gasteiger partial charge in [0.2, 0.25) is 0 Å². The molecule has 0 saturated carbocycles. The molecule has 60 heavy (non-hydrogen) atoms. The van der Waals surface area contributed by atoms with Crippen LogP contribution in [0.5, 0.6) is 0 Å². The Morgan fingerprint density at radius 3 is 1.12 bits per heavy atom. The smallest absolute Gasteiger partial charge is 0.252 e. The maximum atomic E-state index is 2.59. The SMILES string of the molecule is c1ccc(N2c3ccccc3B3c4c2cccc4-n2c4ccc5c(c6cccc7c6n5-c5cccc6c5B7c5ccccc5N6c5ccccc5)c4c4cccc3c42)cc1. The summed E-state index contributed by atoms with van der Waals surface area (Å²) in [6, 6.07) is 72.6. The van der Waals surface area contributed by atoms with E-state index in [0.29, 0.717) is 0 Å². The van der Waals surface area contributed by atoms with Crippen LogP contribution in [0, 0.1) is 0 Å². The number of para-hydroxylation sites is 6. The summed E-state index contributed by atoms with van der Waals surface area (Å²) < 4.78 is 5.19. The molecule has 0 fully saturated rings. The quantitative estimate of drug-likeness (QED) is 0.164. The van der Waals surface area contributed by atoms with Gasteiger partial charge in [0.15, 0.2) is 0 Å². The zero-order valence-electron chi connectivity index (χ0n) is 32.4. The summed E-state index contributed by atoms with van der Waals surface area (Å²) in [6.07, 6.45) is 0. The average Bonchev–Trinajstić information content (AvgIpc) is 3.84. The van der Waals surface area contributed by atoms with Gasteiger partial charge in [-0.25, -0.2) is 0 Å². The zero-order chi connectivity index (χ0) is 38.8. The predicted molar refractivity (Wildman–Crippen MR) is 254 cm³/mol. The minimum atomic E-state index is 0.110. The normalized spacial score (nSPS) is 13.9. The van der Waals surface area contributed by atoms with E-state index in [2.05, 4.69) is 213 Å². The van der Waals surface area contributed by atoms with Crippen LogP contribution in [0.4, 0.5) is 34.1 Å². The van der Waals surface area contributed by atoms with Crippen molar-refractivity contribution < 1.29 is 0 Å². The molecule has 4 nitrogen and oxygen atoms in total. The fraction of sp³-hybridized carbons (Fsp3) is 0. The minimum Gasteiger partial charge on any atom is -0.311 e. The molecule has 4 aliphatic heterocycles. The lowest BCUT2D eigenvalue weighted by Gasteiger charge is -2.40. The summed E-state index contributed by atoms with van der Waals surface area (Å²) >= 11 is 0. The highest BCUT2D eigenvalue weighted by Gasteiger charge is 2.44. The van der Waals surface area contributed by atoms with Crippen LogP contribution in [0.1, 0.15) is 0 Å². The van der Waals surface area contributed by atoms with E-state index in [9.17, 15) is 0 Å². The first-order valence-electron chi connectivity index (χ1n) is 21.0. The molecule has 0 atom stereocenters. The molecular weight excluding hydrogens is 726 g/mol. The highest BCUT2D eigenvalue weighted by Crippen LogP contribution is 2.46. The van der Waals surface area contributed by atoms with Gasteiger partial charge in [-0.1, -0.05) is 121 Å². The molecule has 15 rings (SSSR count). The summed E-state index contributed by atoms with van der Waals surface area (Å²) in [4.78, 5) is 4.94. The van der Waals surface area contributed by atoms with Crippen molar-refractivity contribution in [3.63, 3.8) is 0 Å². The summed E-state index contributed by atoms with van der Waals surface area (Å²) in [5, 5.41) is 5.27. The van der Waals surface area contributed by atoms with Gasteiger partial charge in [0.05, 0.1) is 11.0 Å². The first-order chi connectivity index (χ1) is 29.8. The zero-order valence-corrected chi connectivity index (χ0v) is 32.4. The van der Waals surface area contributed by atoms with Crippen LogP contribution < -0.4 is 42.6 Å². The maximum Gasteiger partial charge on any atom is 0.252 e. The van der Waals surface area contributed by atoms with Crippen molar-refractivity contribution in [3.8, 4) is 11.4 Å². The fourth-order valence-corrected chi connectivity index (χ4v) is 12.0. The van der Waals surface area contributed by atoms with Crippen LogP contribution in [0.3, 0.4) is 0 Å². The minimum absolute atomic E-state index is 0.110. The van der Waals surface area contributed by atoms with Gasteiger partial charge < -0.3 is 18.9 Å². The summed E-state index contributed by atoms with van der Waals surface area (Å²) in [5.41, 5.74) is 23.1. The Labute approximate surface area is 346 Å². The Bertz CT molecular complexity index is 3460. The van der Waals surface area contributed by atoms with Crippen molar-refractivity contribution in [2.45, 2.75) is 0 Å². The van der Waals surface area contributed by atoms with Crippen LogP contribution in [0.25, 0.3) is 55.0 Å². The maximum absolute atomic E-state index is 2.59. The monoisotopic (exact) mass is 758 g/mol. The van der Waals surface area contributed by atoms with E-state index < -0.39 is 0 Å². The van der Waals surface area contributed by atoms with E-state index in [1.807, 2.05) is 0 Å². The van der Waals surface area contributed by atoms with Gasteiger partial charge in [-0.15, -0.1) is 0 Å². The van der Waals surface area contributed by atoms with E-state index in [1.165, 1.54) is 122 Å². The third kappa shape index (κ3) is 3.64. The van der Waals surface area contributed by atoms with Gasteiger partial charge in [0.1, 0.15) is 0 Å². The van der Waals surface area contributed by atoms with Crippen LogP contribution in [-0.2, 0) is 0 Å². The van der Waals surface area contributed by atoms with E-state index >= 15 is 0 Å². The summed E-state index contributed by atoms with van der Waals surface area (Å²) in [5.74, 6) is 0. The number of benzene rings is 9. The molecule has 0 N–H and O–H groups in total. The Hall–Kier alpha value is -7.69. The first kappa shape index (κ1) is 31.3. The van der Waals surface area contributed by atoms with Crippen LogP contribution >= 0.6 is 0 Å². The molecule has 0 spiro atoms. The van der Waals surface area contributed by atoms with Crippen LogP contribution in [0.2, 0.25) is 0 Å². The van der Waals surface area contributed by atoms with E-state index in [-0.39, 0.29) is 13.4 Å². The van der Waals surface area contributed by atoms with Gasteiger partial charge in [-0.2, -0.15) is 0 Å². The molecule has 6 heterocycles. The van der Waals surface area contributed by atoms with Crippen molar-refractivity contribution >= 4 is 124 Å². The Kier molecular flexibility index (Phi) is 5.78. The Balaban J connectivity index is 1.07. The number of rotatable bonds is 2. The van der Waals surface area contributed by atoms with Gasteiger partial charge in [0, 0.05) is 78.1 Å². The Morgan fingerprint density at radius 2 is 0.650 bits per heavy atom. The van der Waals surface area contributed by atoms with Crippen LogP contribution in [0.15, 0.2) is 194 Å². The molecule has 0 unspecified atom stereocenters. The molecule has 2 aromatic heterocycles. The molecule has 0 saturated heterocycles. The van der Waals surface area contributed by atoms with Gasteiger partial charge in [-0.3, -0.25) is 0 Å². The molecule has 6 heteroatoms. The third-order valence-electron chi connectivity index (χ3n) is 14.1. The number of nitrogens with zero attached hydrogens (tertiary/aromatic N) is 4. The second-order valence-electron chi connectivity index (χ2n) is 16.8. The first-order valence-corrected chi connectivity index (χ1v) is 21.0. The van der Waals surface area contributed by atoms with E-state index in [1.54, 1.807) is 0 Å². The Morgan fingerprint density at radius 1 is 0.283 bits per heavy atom. The lowest BCUT2D eigenvalue weighted by molar-refractivity contribution is 1.17. The van der Waals surface area contributed by atoms with Crippen LogP contribution in [-0.4, -0.2) is 22.6 Å². The van der Waals surface area contributed by atoms with E-state index in [4.69, 9.17) is 0 Å². The van der Waals surface area contributed by atoms with Gasteiger partial charge in [0.25, 0.3) is 13.4 Å². The lowest BCUT2D eigenvalue weighted by atomic mass is 9.34. The largest absolute Gasteiger partial charge is 0.311 e. The highest BCUT2D eigenvalue weighted by molar-refractivity contribution is 7.01. The number of hydrogen-bond acceptors (Lipinski definition) is 2. The number of anilines is 6. The standard InChI is InChI=1S/C54H32B2N4/c1-3-15-33(16-4-1)57-41-25-9-7-21-37(41)55-39-23-11-19-35-49-43(59(53(35)39)47-29-13-27-45(57)51(47)55)31-32-44-50(49)36-20-12-24-40-54(36)60(44)48-30-14-28-46-52(48)56(40)38-22-8-10-26-42(38)58(46)34-17-5-2-6-18-34/h1-32H. The van der Waals surface area contributed by atoms with Crippen molar-refractivity contribution in [1.29, 1.82) is 0 Å². The van der Waals surface area contributed by atoms with Gasteiger partial charge in [-0.05, 0) is 106 Å². The lowest BCUT2D eigenvalue weighted by Crippen LogP contribution is -2.60. The molecule has 9 aromatic carbocycles. The molecule has 274 valence electrons. The van der Waals surface area contributed by atoms with Crippen molar-refractivity contribution in [1.82, 2.24) is 9.13 Å². The van der Waals surface area contributed by atoms with Crippen molar-refractivity contribution in [2.75, 3.05) is 9.80 Å². The summed E-state index contributed by atoms with van der Waals surface area (Å²) in [7, 11) is 0. The fourth-order valence-electron chi connectivity index (χ4n) is 12.0. The summed E-state index contributed by atoms with van der Waals surface area (Å²) in [6.45, 7) is 0.220. The second kappa shape index (κ2) is 11.1. The number of hydrogen-bond donors (Lipinski definition) is 0. The third-order valence-corrected chi connectivity index (χ3v) is 14.1. The van der Waals surface area contributed by atoms with E-state index in [0.717, 1.165) is 0 Å². The molecule has 0 bridgehead atoms. The number of fused-ring (bicyclic) bond motifs is 15.